The van der Waals surface area contributed by atoms with E-state index < -0.39 is 11.9 Å². The van der Waals surface area contributed by atoms with E-state index in [0.717, 1.165) is 16.8 Å². The summed E-state index contributed by atoms with van der Waals surface area (Å²) >= 11 is 0. The van der Waals surface area contributed by atoms with E-state index in [1.165, 1.54) is 12.4 Å². The fraction of sp³-hybridized carbons (Fsp3) is 0.200. The molecule has 10 heteroatoms. The van der Waals surface area contributed by atoms with Crippen LogP contribution >= 0.6 is 0 Å². The summed E-state index contributed by atoms with van der Waals surface area (Å²) < 4.78 is 40.6. The lowest BCUT2D eigenvalue weighted by molar-refractivity contribution is -0.141. The molecular weight excluding hydrogens is 457 g/mol. The number of nitrogens with zero attached hydrogens (tertiary/aromatic N) is 4. The van der Waals surface area contributed by atoms with Gasteiger partial charge < -0.3 is 15.5 Å². The van der Waals surface area contributed by atoms with Gasteiger partial charge in [0.25, 0.3) is 0 Å². The number of hydrogen-bond acceptors (Lipinski definition) is 5. The van der Waals surface area contributed by atoms with E-state index in [0.29, 0.717) is 30.8 Å². The Hall–Kier alpha value is -4.21. The summed E-state index contributed by atoms with van der Waals surface area (Å²) in [6, 6.07) is 16.9. The van der Waals surface area contributed by atoms with Crippen molar-refractivity contribution in [3.8, 4) is 11.4 Å². The first-order valence-electron chi connectivity index (χ1n) is 11.0. The Bertz CT molecular complexity index is 1360. The van der Waals surface area contributed by atoms with Gasteiger partial charge in [-0.3, -0.25) is 4.98 Å². The molecule has 35 heavy (non-hydrogen) atoms. The minimum Gasteiger partial charge on any atom is -0.354 e. The van der Waals surface area contributed by atoms with Gasteiger partial charge in [0.05, 0.1) is 0 Å². The number of carbonyl (C=O) groups excluding carboxylic acids is 1. The SMILES string of the molecule is O=C(Nc1ccc2ccccc2c1)NC1CCN(c2cc(C(F)(F)F)nc(-c3ccncc3)n2)C1. The van der Waals surface area contributed by atoms with Crippen LogP contribution < -0.4 is 15.5 Å². The molecule has 1 unspecified atom stereocenters. The molecule has 0 aliphatic carbocycles. The highest BCUT2D eigenvalue weighted by Gasteiger charge is 2.35. The first-order chi connectivity index (χ1) is 16.8. The normalized spacial score (nSPS) is 15.9. The van der Waals surface area contributed by atoms with Crippen LogP contribution in [0.3, 0.4) is 0 Å². The zero-order valence-electron chi connectivity index (χ0n) is 18.5. The fourth-order valence-corrected chi connectivity index (χ4v) is 4.08. The Kier molecular flexibility index (Phi) is 5.94. The van der Waals surface area contributed by atoms with Crippen LogP contribution in [-0.2, 0) is 6.18 Å². The highest BCUT2D eigenvalue weighted by atomic mass is 19.4. The smallest absolute Gasteiger partial charge is 0.354 e. The van der Waals surface area contributed by atoms with Crippen molar-refractivity contribution in [2.45, 2.75) is 18.6 Å². The largest absolute Gasteiger partial charge is 0.433 e. The van der Waals surface area contributed by atoms with Crippen LogP contribution in [0.15, 0.2) is 73.1 Å². The lowest BCUT2D eigenvalue weighted by Crippen LogP contribution is -2.39. The second-order valence-electron chi connectivity index (χ2n) is 8.26. The van der Waals surface area contributed by atoms with E-state index in [-0.39, 0.29) is 23.7 Å². The Labute approximate surface area is 199 Å². The topological polar surface area (TPSA) is 83.0 Å². The number of nitrogens with one attached hydrogen (secondary N) is 2. The van der Waals surface area contributed by atoms with Crippen molar-refractivity contribution in [1.82, 2.24) is 20.3 Å². The van der Waals surface area contributed by atoms with Gasteiger partial charge in [-0.1, -0.05) is 30.3 Å². The van der Waals surface area contributed by atoms with E-state index in [9.17, 15) is 18.0 Å². The maximum Gasteiger partial charge on any atom is 0.433 e. The molecule has 1 aliphatic rings. The quantitative estimate of drug-likeness (QED) is 0.426. The molecule has 3 heterocycles. The van der Waals surface area contributed by atoms with Gasteiger partial charge in [0.15, 0.2) is 11.5 Å². The van der Waals surface area contributed by atoms with Crippen LogP contribution in [0.25, 0.3) is 22.2 Å². The van der Waals surface area contributed by atoms with Crippen LogP contribution in [0, 0.1) is 0 Å². The highest BCUT2D eigenvalue weighted by Crippen LogP contribution is 2.32. The number of fused-ring (bicyclic) bond motifs is 1. The van der Waals surface area contributed by atoms with Gasteiger partial charge in [0.2, 0.25) is 0 Å². The Balaban J connectivity index is 1.29. The molecule has 0 radical (unpaired) electrons. The number of aromatic nitrogens is 3. The van der Waals surface area contributed by atoms with Crippen molar-refractivity contribution < 1.29 is 18.0 Å². The van der Waals surface area contributed by atoms with Crippen LogP contribution in [0.1, 0.15) is 12.1 Å². The summed E-state index contributed by atoms with van der Waals surface area (Å²) in [5, 5.41) is 7.80. The fourth-order valence-electron chi connectivity index (χ4n) is 4.08. The lowest BCUT2D eigenvalue weighted by Gasteiger charge is -2.20. The zero-order valence-corrected chi connectivity index (χ0v) is 18.5. The van der Waals surface area contributed by atoms with Gasteiger partial charge in [-0.05, 0) is 41.5 Å². The molecule has 0 bridgehead atoms. The van der Waals surface area contributed by atoms with Crippen LogP contribution in [-0.4, -0.2) is 40.1 Å². The van der Waals surface area contributed by atoms with Gasteiger partial charge >= 0.3 is 12.2 Å². The molecule has 5 rings (SSSR count). The number of hydrogen-bond donors (Lipinski definition) is 2. The van der Waals surface area contributed by atoms with Gasteiger partial charge in [-0.15, -0.1) is 0 Å². The number of amides is 2. The maximum absolute atomic E-state index is 13.5. The van der Waals surface area contributed by atoms with Gasteiger partial charge in [-0.2, -0.15) is 13.2 Å². The van der Waals surface area contributed by atoms with Crippen molar-refractivity contribution in [3.05, 3.63) is 78.8 Å². The summed E-state index contributed by atoms with van der Waals surface area (Å²) in [6.45, 7) is 0.778. The molecule has 2 N–H and O–H groups in total. The van der Waals surface area contributed by atoms with Crippen molar-refractivity contribution in [2.75, 3.05) is 23.3 Å². The third kappa shape index (κ3) is 5.16. The zero-order chi connectivity index (χ0) is 24.4. The highest BCUT2D eigenvalue weighted by molar-refractivity contribution is 5.93. The molecule has 178 valence electrons. The molecule has 2 amide bonds. The number of carbonyl (C=O) groups is 1. The molecule has 1 fully saturated rings. The van der Waals surface area contributed by atoms with E-state index in [1.807, 2.05) is 42.5 Å². The summed E-state index contributed by atoms with van der Waals surface area (Å²) in [6.07, 6.45) is -1.09. The Morgan fingerprint density at radius 3 is 2.51 bits per heavy atom. The standard InChI is InChI=1S/C25H21F3N6O/c26-25(27,28)21-14-22(33-23(32-21)17-7-10-29-11-8-17)34-12-9-20(15-34)31-24(35)30-19-6-5-16-3-1-2-4-18(16)13-19/h1-8,10-11,13-14,20H,9,12,15H2,(H2,30,31,35). The molecule has 1 atom stereocenters. The predicted octanol–water partition coefficient (Wildman–Crippen LogP) is 5.11. The summed E-state index contributed by atoms with van der Waals surface area (Å²) in [4.78, 5) is 26.2. The second kappa shape index (κ2) is 9.21. The van der Waals surface area contributed by atoms with Gasteiger partial charge in [-0.25, -0.2) is 14.8 Å². The van der Waals surface area contributed by atoms with Crippen molar-refractivity contribution in [1.29, 1.82) is 0 Å². The van der Waals surface area contributed by atoms with Crippen LogP contribution in [0.5, 0.6) is 0 Å². The molecule has 2 aromatic heterocycles. The minimum absolute atomic E-state index is 0.0253. The van der Waals surface area contributed by atoms with Crippen LogP contribution in [0.4, 0.5) is 29.5 Å². The van der Waals surface area contributed by atoms with Crippen molar-refractivity contribution in [3.63, 3.8) is 0 Å². The summed E-state index contributed by atoms with van der Waals surface area (Å²) in [5.74, 6) is 0.140. The van der Waals surface area contributed by atoms with E-state index in [2.05, 4.69) is 25.6 Å². The number of urea groups is 1. The van der Waals surface area contributed by atoms with Gasteiger partial charge in [0.1, 0.15) is 5.82 Å². The monoisotopic (exact) mass is 478 g/mol. The number of anilines is 2. The van der Waals surface area contributed by atoms with E-state index in [1.54, 1.807) is 17.0 Å². The molecule has 1 saturated heterocycles. The molecule has 2 aromatic carbocycles. The Morgan fingerprint density at radius 2 is 1.74 bits per heavy atom. The minimum atomic E-state index is -4.61. The first kappa shape index (κ1) is 22.6. The maximum atomic E-state index is 13.5. The molecule has 0 spiro atoms. The summed E-state index contributed by atoms with van der Waals surface area (Å²) in [7, 11) is 0. The van der Waals surface area contributed by atoms with Crippen LogP contribution in [0.2, 0.25) is 0 Å². The molecule has 1 aliphatic heterocycles. The average molecular weight is 478 g/mol. The average Bonchev–Trinajstić information content (AvgIpc) is 3.32. The van der Waals surface area contributed by atoms with E-state index in [4.69, 9.17) is 0 Å². The van der Waals surface area contributed by atoms with Gasteiger partial charge in [0, 0.05) is 48.8 Å². The number of pyridine rings is 1. The molecule has 0 saturated carbocycles. The Morgan fingerprint density at radius 1 is 0.971 bits per heavy atom. The number of halogens is 3. The van der Waals surface area contributed by atoms with E-state index >= 15 is 0 Å². The molecule has 4 aromatic rings. The number of alkyl halides is 3. The third-order valence-corrected chi connectivity index (χ3v) is 5.80. The number of benzene rings is 2. The third-order valence-electron chi connectivity index (χ3n) is 5.80. The number of rotatable bonds is 4. The lowest BCUT2D eigenvalue weighted by atomic mass is 10.1. The molecular formula is C25H21F3N6O. The first-order valence-corrected chi connectivity index (χ1v) is 11.0. The van der Waals surface area contributed by atoms with Crippen molar-refractivity contribution >= 4 is 28.3 Å². The predicted molar refractivity (Wildman–Crippen MR) is 127 cm³/mol. The second-order valence-corrected chi connectivity index (χ2v) is 8.26. The summed E-state index contributed by atoms with van der Waals surface area (Å²) in [5.41, 5.74) is 0.0828. The van der Waals surface area contributed by atoms with Crippen molar-refractivity contribution in [2.24, 2.45) is 0 Å². The molecule has 7 nitrogen and oxygen atoms in total.